The zero-order chi connectivity index (χ0) is 20.9. The fourth-order valence-corrected chi connectivity index (χ4v) is 4.68. The molecule has 0 aliphatic heterocycles. The quantitative estimate of drug-likeness (QED) is 0.513. The molecule has 0 saturated heterocycles. The van der Waals surface area contributed by atoms with Crippen molar-refractivity contribution in [3.63, 3.8) is 0 Å². The molecule has 0 radical (unpaired) electrons. The van der Waals surface area contributed by atoms with E-state index < -0.39 is 0 Å². The molecular weight excluding hydrogens is 420 g/mol. The highest BCUT2D eigenvalue weighted by molar-refractivity contribution is 9.10. The van der Waals surface area contributed by atoms with Crippen LogP contribution in [0.25, 0.3) is 0 Å². The Kier molecular flexibility index (Phi) is 7.95. The summed E-state index contributed by atoms with van der Waals surface area (Å²) in [5.41, 5.74) is 10.3. The lowest BCUT2D eigenvalue weighted by molar-refractivity contribution is 0.170. The maximum absolute atomic E-state index is 5.89. The summed E-state index contributed by atoms with van der Waals surface area (Å²) < 4.78 is 1.14. The van der Waals surface area contributed by atoms with Crippen LogP contribution in [0.2, 0.25) is 0 Å². The molecule has 1 aliphatic carbocycles. The summed E-state index contributed by atoms with van der Waals surface area (Å²) >= 11 is 3.56. The van der Waals surface area contributed by atoms with Crippen molar-refractivity contribution < 1.29 is 0 Å². The van der Waals surface area contributed by atoms with E-state index in [-0.39, 0.29) is 5.41 Å². The third kappa shape index (κ3) is 6.94. The molecule has 0 amide bonds. The molecule has 1 fully saturated rings. The molecule has 0 atom stereocenters. The summed E-state index contributed by atoms with van der Waals surface area (Å²) in [6, 6.07) is 18.0. The Labute approximate surface area is 186 Å². The second-order valence-electron chi connectivity index (χ2n) is 9.87. The molecule has 3 rings (SSSR count). The van der Waals surface area contributed by atoms with Crippen LogP contribution < -0.4 is 5.73 Å². The lowest BCUT2D eigenvalue weighted by Gasteiger charge is -2.32. The average molecular weight is 458 g/mol. The van der Waals surface area contributed by atoms with Gasteiger partial charge in [-0.15, -0.1) is 0 Å². The van der Waals surface area contributed by atoms with Gasteiger partial charge in [-0.2, -0.15) is 0 Å². The van der Waals surface area contributed by atoms with Crippen LogP contribution in [0, 0.1) is 11.8 Å². The molecule has 2 aromatic carbocycles. The van der Waals surface area contributed by atoms with Crippen molar-refractivity contribution in [1.82, 2.24) is 4.90 Å². The summed E-state index contributed by atoms with van der Waals surface area (Å²) in [5.74, 6) is 1.54. The van der Waals surface area contributed by atoms with E-state index in [0.29, 0.717) is 0 Å². The predicted octanol–water partition coefficient (Wildman–Crippen LogP) is 6.51. The van der Waals surface area contributed by atoms with Crippen LogP contribution in [0.4, 0.5) is 0 Å². The number of benzene rings is 2. The van der Waals surface area contributed by atoms with Crippen molar-refractivity contribution in [2.75, 3.05) is 13.1 Å². The Bertz CT molecular complexity index is 738. The standard InChI is InChI=1S/C26H37BrN2/c1-26(2,3)24-12-8-22(9-13-24)18-29(19-23-10-14-25(27)15-11-23)17-21-6-4-20(16-28)5-7-21/h8-15,20-21H,4-7,16-19,28H2,1-3H3. The molecular formula is C26H37BrN2. The Hall–Kier alpha value is -1.16. The first-order valence-electron chi connectivity index (χ1n) is 11.1. The van der Waals surface area contributed by atoms with E-state index in [1.165, 1.54) is 48.9 Å². The molecule has 158 valence electrons. The monoisotopic (exact) mass is 456 g/mol. The van der Waals surface area contributed by atoms with Gasteiger partial charge in [0.25, 0.3) is 0 Å². The second-order valence-corrected chi connectivity index (χ2v) is 10.8. The summed E-state index contributed by atoms with van der Waals surface area (Å²) in [6.07, 6.45) is 5.24. The summed E-state index contributed by atoms with van der Waals surface area (Å²) in [5, 5.41) is 0. The predicted molar refractivity (Wildman–Crippen MR) is 128 cm³/mol. The van der Waals surface area contributed by atoms with Crippen LogP contribution in [-0.4, -0.2) is 18.0 Å². The van der Waals surface area contributed by atoms with Gasteiger partial charge < -0.3 is 5.73 Å². The van der Waals surface area contributed by atoms with Gasteiger partial charge in [0.15, 0.2) is 0 Å². The van der Waals surface area contributed by atoms with Crippen LogP contribution in [0.15, 0.2) is 53.0 Å². The smallest absolute Gasteiger partial charge is 0.0237 e. The molecule has 0 spiro atoms. The summed E-state index contributed by atoms with van der Waals surface area (Å²) in [6.45, 7) is 10.9. The van der Waals surface area contributed by atoms with E-state index in [1.54, 1.807) is 0 Å². The van der Waals surface area contributed by atoms with Crippen molar-refractivity contribution in [1.29, 1.82) is 0 Å². The Morgan fingerprint density at radius 2 is 1.31 bits per heavy atom. The number of nitrogens with two attached hydrogens (primary N) is 1. The highest BCUT2D eigenvalue weighted by atomic mass is 79.9. The molecule has 0 heterocycles. The van der Waals surface area contributed by atoms with E-state index in [2.05, 4.69) is 90.1 Å². The van der Waals surface area contributed by atoms with Gasteiger partial charge in [-0.3, -0.25) is 4.90 Å². The van der Waals surface area contributed by atoms with Gasteiger partial charge in [0, 0.05) is 24.1 Å². The topological polar surface area (TPSA) is 29.3 Å². The number of hydrogen-bond acceptors (Lipinski definition) is 2. The molecule has 0 aromatic heterocycles. The number of rotatable bonds is 7. The van der Waals surface area contributed by atoms with Crippen molar-refractivity contribution in [2.45, 2.75) is 65.0 Å². The van der Waals surface area contributed by atoms with E-state index in [9.17, 15) is 0 Å². The first-order valence-corrected chi connectivity index (χ1v) is 11.9. The fraction of sp³-hybridized carbons (Fsp3) is 0.538. The summed E-state index contributed by atoms with van der Waals surface area (Å²) in [4.78, 5) is 2.64. The van der Waals surface area contributed by atoms with E-state index in [4.69, 9.17) is 5.73 Å². The van der Waals surface area contributed by atoms with Crippen molar-refractivity contribution >= 4 is 15.9 Å². The van der Waals surface area contributed by atoms with Crippen LogP contribution >= 0.6 is 15.9 Å². The van der Waals surface area contributed by atoms with Crippen LogP contribution in [0.5, 0.6) is 0 Å². The summed E-state index contributed by atoms with van der Waals surface area (Å²) in [7, 11) is 0. The van der Waals surface area contributed by atoms with E-state index in [1.807, 2.05) is 0 Å². The lowest BCUT2D eigenvalue weighted by Crippen LogP contribution is -2.32. The van der Waals surface area contributed by atoms with Gasteiger partial charge in [0.2, 0.25) is 0 Å². The van der Waals surface area contributed by atoms with E-state index in [0.717, 1.165) is 35.9 Å². The molecule has 29 heavy (non-hydrogen) atoms. The van der Waals surface area contributed by atoms with Crippen LogP contribution in [0.3, 0.4) is 0 Å². The number of halogens is 1. The molecule has 2 N–H and O–H groups in total. The van der Waals surface area contributed by atoms with Crippen molar-refractivity contribution in [2.24, 2.45) is 17.6 Å². The molecule has 0 bridgehead atoms. The minimum Gasteiger partial charge on any atom is -0.330 e. The maximum atomic E-state index is 5.89. The highest BCUT2D eigenvalue weighted by Gasteiger charge is 2.22. The zero-order valence-corrected chi connectivity index (χ0v) is 19.9. The van der Waals surface area contributed by atoms with Crippen LogP contribution in [-0.2, 0) is 18.5 Å². The average Bonchev–Trinajstić information content (AvgIpc) is 2.70. The Morgan fingerprint density at radius 3 is 1.79 bits per heavy atom. The molecule has 2 nitrogen and oxygen atoms in total. The lowest BCUT2D eigenvalue weighted by atomic mass is 9.81. The molecule has 1 aliphatic rings. The van der Waals surface area contributed by atoms with Gasteiger partial charge in [0.1, 0.15) is 0 Å². The maximum Gasteiger partial charge on any atom is 0.0237 e. The van der Waals surface area contributed by atoms with Gasteiger partial charge in [-0.05, 0) is 78.3 Å². The SMILES string of the molecule is CC(C)(C)c1ccc(CN(Cc2ccc(Br)cc2)CC2CCC(CN)CC2)cc1. The first-order chi connectivity index (χ1) is 13.8. The normalized spacial score (nSPS) is 20.2. The van der Waals surface area contributed by atoms with E-state index >= 15 is 0 Å². The minimum absolute atomic E-state index is 0.206. The van der Waals surface area contributed by atoms with Gasteiger partial charge in [-0.25, -0.2) is 0 Å². The van der Waals surface area contributed by atoms with Crippen molar-refractivity contribution in [3.05, 3.63) is 69.7 Å². The molecule has 3 heteroatoms. The molecule has 1 saturated carbocycles. The largest absolute Gasteiger partial charge is 0.330 e. The zero-order valence-electron chi connectivity index (χ0n) is 18.3. The van der Waals surface area contributed by atoms with Crippen LogP contribution in [0.1, 0.15) is 63.1 Å². The Morgan fingerprint density at radius 1 is 0.828 bits per heavy atom. The second kappa shape index (κ2) is 10.2. The molecule has 0 unspecified atom stereocenters. The fourth-order valence-electron chi connectivity index (χ4n) is 4.42. The Balaban J connectivity index is 1.69. The first kappa shape index (κ1) is 22.5. The third-order valence-corrected chi connectivity index (χ3v) is 6.89. The third-order valence-electron chi connectivity index (χ3n) is 6.36. The minimum atomic E-state index is 0.206. The van der Waals surface area contributed by atoms with Gasteiger partial charge in [0.05, 0.1) is 0 Å². The number of nitrogens with zero attached hydrogens (tertiary/aromatic N) is 1. The van der Waals surface area contributed by atoms with Gasteiger partial charge in [-0.1, -0.05) is 73.1 Å². The number of hydrogen-bond donors (Lipinski definition) is 1. The van der Waals surface area contributed by atoms with Crippen molar-refractivity contribution in [3.8, 4) is 0 Å². The molecule has 2 aromatic rings. The van der Waals surface area contributed by atoms with Gasteiger partial charge >= 0.3 is 0 Å². The highest BCUT2D eigenvalue weighted by Crippen LogP contribution is 2.30.